The maximum absolute atomic E-state index is 12.6. The molecule has 2 heterocycles. The molecule has 0 aliphatic carbocycles. The highest BCUT2D eigenvalue weighted by Crippen LogP contribution is 2.32. The summed E-state index contributed by atoms with van der Waals surface area (Å²) in [6.45, 7) is 0.596. The van der Waals surface area contributed by atoms with Crippen LogP contribution < -0.4 is 5.32 Å². The fraction of sp³-hybridized carbons (Fsp3) is 0.0385. The number of aliphatic imine (C=N–C) groups is 1. The molecule has 2 N–H and O–H groups in total. The van der Waals surface area contributed by atoms with Crippen LogP contribution >= 0.6 is 35.0 Å². The lowest BCUT2D eigenvalue weighted by Crippen LogP contribution is -2.19. The number of amides is 1. The second-order valence-electron chi connectivity index (χ2n) is 7.81. The normalized spacial score (nSPS) is 15.8. The van der Waals surface area contributed by atoms with E-state index < -0.39 is 5.97 Å². The van der Waals surface area contributed by atoms with E-state index in [4.69, 9.17) is 28.3 Å². The number of thioether (sulfide) groups is 1. The summed E-state index contributed by atoms with van der Waals surface area (Å²) in [5.41, 5.74) is 3.68. The average molecular weight is 522 g/mol. The number of hydrogen-bond acceptors (Lipinski definition) is 4. The summed E-state index contributed by atoms with van der Waals surface area (Å²) in [5, 5.41) is 14.3. The topological polar surface area (TPSA) is 83.7 Å². The third-order valence-electron chi connectivity index (χ3n) is 5.44. The van der Waals surface area contributed by atoms with Crippen molar-refractivity contribution in [3.05, 3.63) is 105 Å². The summed E-state index contributed by atoms with van der Waals surface area (Å²) in [4.78, 5) is 28.6. The van der Waals surface area contributed by atoms with Crippen LogP contribution in [0.25, 0.3) is 17.0 Å². The molecule has 0 atom stereocenters. The van der Waals surface area contributed by atoms with Gasteiger partial charge in [0.15, 0.2) is 5.17 Å². The minimum atomic E-state index is -1.00. The maximum Gasteiger partial charge on any atom is 0.335 e. The largest absolute Gasteiger partial charge is 0.478 e. The Morgan fingerprint density at radius 2 is 1.83 bits per heavy atom. The number of rotatable bonds is 5. The van der Waals surface area contributed by atoms with Crippen LogP contribution in [-0.2, 0) is 11.3 Å². The van der Waals surface area contributed by atoms with Crippen molar-refractivity contribution in [2.24, 2.45) is 4.99 Å². The predicted octanol–water partition coefficient (Wildman–Crippen LogP) is 6.59. The summed E-state index contributed by atoms with van der Waals surface area (Å²) in [5.74, 6) is -1.24. The van der Waals surface area contributed by atoms with Gasteiger partial charge in [-0.05, 0) is 65.9 Å². The number of aromatic carboxylic acids is 1. The minimum absolute atomic E-state index is 0.176. The summed E-state index contributed by atoms with van der Waals surface area (Å²) in [6, 6.07) is 19.7. The number of benzene rings is 3. The van der Waals surface area contributed by atoms with Crippen molar-refractivity contribution in [2.75, 3.05) is 0 Å². The molecule has 3 aromatic carbocycles. The standard InChI is InChI=1S/C26H17Cl2N3O3S/c27-20-10-5-15(11-21(20)28)13-31-14-17(19-3-1-2-4-22(19)31)12-23-24(32)30-26(35-23)29-18-8-6-16(7-9-18)25(33)34/h1-12,14H,13H2,(H,33,34)(H,29,30,32)/b23-12-. The molecule has 5 rings (SSSR count). The number of amidine groups is 1. The van der Waals surface area contributed by atoms with E-state index >= 15 is 0 Å². The zero-order valence-electron chi connectivity index (χ0n) is 18.0. The quantitative estimate of drug-likeness (QED) is 0.290. The number of hydrogen-bond donors (Lipinski definition) is 2. The summed E-state index contributed by atoms with van der Waals surface area (Å²) >= 11 is 13.5. The van der Waals surface area contributed by atoms with Crippen molar-refractivity contribution in [3.8, 4) is 0 Å². The van der Waals surface area contributed by atoms with Gasteiger partial charge in [-0.1, -0.05) is 47.5 Å². The van der Waals surface area contributed by atoms with Crippen molar-refractivity contribution in [2.45, 2.75) is 6.54 Å². The number of carboxylic acids is 1. The van der Waals surface area contributed by atoms with Gasteiger partial charge in [-0.2, -0.15) is 0 Å². The molecular formula is C26H17Cl2N3O3S. The third-order valence-corrected chi connectivity index (χ3v) is 7.09. The average Bonchev–Trinajstić information content (AvgIpc) is 3.36. The molecule has 0 spiro atoms. The van der Waals surface area contributed by atoms with E-state index in [0.29, 0.717) is 32.4 Å². The molecule has 6 nitrogen and oxygen atoms in total. The molecule has 35 heavy (non-hydrogen) atoms. The van der Waals surface area contributed by atoms with Gasteiger partial charge in [-0.3, -0.25) is 4.79 Å². The Hall–Kier alpha value is -3.52. The Morgan fingerprint density at radius 1 is 1.06 bits per heavy atom. The number of nitrogens with zero attached hydrogens (tertiary/aromatic N) is 2. The highest BCUT2D eigenvalue weighted by Gasteiger charge is 2.24. The van der Waals surface area contributed by atoms with Gasteiger partial charge < -0.3 is 15.0 Å². The Kier molecular flexibility index (Phi) is 6.38. The van der Waals surface area contributed by atoms with Gasteiger partial charge in [0.05, 0.1) is 26.2 Å². The second-order valence-corrected chi connectivity index (χ2v) is 9.66. The first-order chi connectivity index (χ1) is 16.9. The van der Waals surface area contributed by atoms with E-state index in [9.17, 15) is 9.59 Å². The van der Waals surface area contributed by atoms with Gasteiger partial charge >= 0.3 is 5.97 Å². The molecule has 1 aromatic heterocycles. The molecule has 0 bridgehead atoms. The fourth-order valence-corrected chi connectivity index (χ4v) is 4.93. The predicted molar refractivity (Wildman–Crippen MR) is 142 cm³/mol. The Labute approximate surface area is 214 Å². The number of carbonyl (C=O) groups is 2. The third kappa shape index (κ3) is 4.98. The lowest BCUT2D eigenvalue weighted by atomic mass is 10.1. The van der Waals surface area contributed by atoms with E-state index in [-0.39, 0.29) is 11.5 Å². The van der Waals surface area contributed by atoms with Crippen LogP contribution in [0, 0.1) is 0 Å². The van der Waals surface area contributed by atoms with Crippen molar-refractivity contribution < 1.29 is 14.7 Å². The van der Waals surface area contributed by atoms with E-state index in [1.54, 1.807) is 18.2 Å². The first-order valence-electron chi connectivity index (χ1n) is 10.5. The van der Waals surface area contributed by atoms with Crippen LogP contribution in [0.15, 0.2) is 82.8 Å². The number of carbonyl (C=O) groups excluding carboxylic acids is 1. The van der Waals surface area contributed by atoms with Gasteiger partial charge in [0, 0.05) is 29.2 Å². The maximum atomic E-state index is 12.6. The molecule has 4 aromatic rings. The highest BCUT2D eigenvalue weighted by atomic mass is 35.5. The van der Waals surface area contributed by atoms with Crippen LogP contribution in [0.4, 0.5) is 5.69 Å². The van der Waals surface area contributed by atoms with Crippen molar-refractivity contribution in [1.82, 2.24) is 9.88 Å². The molecule has 174 valence electrons. The highest BCUT2D eigenvalue weighted by molar-refractivity contribution is 8.18. The minimum Gasteiger partial charge on any atom is -0.478 e. The van der Waals surface area contributed by atoms with Crippen LogP contribution in [0.5, 0.6) is 0 Å². The monoisotopic (exact) mass is 521 g/mol. The molecule has 9 heteroatoms. The Bertz CT molecular complexity index is 1540. The zero-order chi connectivity index (χ0) is 24.5. The smallest absolute Gasteiger partial charge is 0.335 e. The van der Waals surface area contributed by atoms with Crippen molar-refractivity contribution in [3.63, 3.8) is 0 Å². The van der Waals surface area contributed by atoms with E-state index in [2.05, 4.69) is 14.9 Å². The first-order valence-corrected chi connectivity index (χ1v) is 12.1. The Morgan fingerprint density at radius 3 is 2.57 bits per heavy atom. The first kappa shape index (κ1) is 23.2. The lowest BCUT2D eigenvalue weighted by molar-refractivity contribution is -0.115. The SMILES string of the molecule is O=C1NC(=Nc2ccc(C(=O)O)cc2)S/C1=C\c1cn(Cc2ccc(Cl)c(Cl)c2)c2ccccc12. The molecular weight excluding hydrogens is 505 g/mol. The van der Waals surface area contributed by atoms with Gasteiger partial charge in [-0.15, -0.1) is 0 Å². The van der Waals surface area contributed by atoms with E-state index in [1.165, 1.54) is 23.9 Å². The lowest BCUT2D eigenvalue weighted by Gasteiger charge is -2.06. The molecule has 1 aliphatic heterocycles. The van der Waals surface area contributed by atoms with Crippen molar-refractivity contribution in [1.29, 1.82) is 0 Å². The Balaban J connectivity index is 1.44. The second kappa shape index (κ2) is 9.62. The number of fused-ring (bicyclic) bond motifs is 1. The zero-order valence-corrected chi connectivity index (χ0v) is 20.4. The van der Waals surface area contributed by atoms with Crippen molar-refractivity contribution >= 4 is 74.7 Å². The number of carboxylic acid groups (broad SMARTS) is 1. The van der Waals surface area contributed by atoms with E-state index in [1.807, 2.05) is 48.7 Å². The van der Waals surface area contributed by atoms with E-state index in [0.717, 1.165) is 22.0 Å². The van der Waals surface area contributed by atoms with Gasteiger partial charge in [-0.25, -0.2) is 9.79 Å². The van der Waals surface area contributed by atoms with Gasteiger partial charge in [0.2, 0.25) is 0 Å². The fourth-order valence-electron chi connectivity index (χ4n) is 3.77. The molecule has 1 amide bonds. The molecule has 1 fully saturated rings. The van der Waals surface area contributed by atoms with Crippen LogP contribution in [0.2, 0.25) is 10.0 Å². The number of aromatic nitrogens is 1. The molecule has 0 radical (unpaired) electrons. The number of nitrogens with one attached hydrogen (secondary N) is 1. The molecule has 1 aliphatic rings. The van der Waals surface area contributed by atoms with Crippen LogP contribution in [-0.4, -0.2) is 26.7 Å². The van der Waals surface area contributed by atoms with Crippen LogP contribution in [0.3, 0.4) is 0 Å². The summed E-state index contributed by atoms with van der Waals surface area (Å²) in [6.07, 6.45) is 3.86. The number of para-hydroxylation sites is 1. The molecule has 0 saturated carbocycles. The summed E-state index contributed by atoms with van der Waals surface area (Å²) in [7, 11) is 0. The molecule has 1 saturated heterocycles. The van der Waals surface area contributed by atoms with Gasteiger partial charge in [0.1, 0.15) is 0 Å². The molecule has 0 unspecified atom stereocenters. The summed E-state index contributed by atoms with van der Waals surface area (Å²) < 4.78 is 2.11. The van der Waals surface area contributed by atoms with Gasteiger partial charge in [0.25, 0.3) is 5.91 Å². The van der Waals surface area contributed by atoms with Crippen LogP contribution in [0.1, 0.15) is 21.5 Å². The number of halogens is 2.